The lowest BCUT2D eigenvalue weighted by atomic mass is 10.2. The third kappa shape index (κ3) is 2.41. The molecule has 0 amide bonds. The van der Waals surface area contributed by atoms with E-state index in [2.05, 4.69) is 72.6 Å². The van der Waals surface area contributed by atoms with Crippen molar-refractivity contribution in [3.05, 3.63) is 56.7 Å². The van der Waals surface area contributed by atoms with E-state index in [1.165, 1.54) is 5.56 Å². The van der Waals surface area contributed by atoms with Gasteiger partial charge >= 0.3 is 0 Å². The lowest BCUT2D eigenvalue weighted by molar-refractivity contribution is 0.976. The molecule has 0 fully saturated rings. The number of hydrogen-bond donors (Lipinski definition) is 0. The molecule has 0 saturated carbocycles. The lowest BCUT2D eigenvalue weighted by Gasteiger charge is -2.11. The van der Waals surface area contributed by atoms with E-state index in [9.17, 15) is 0 Å². The highest BCUT2D eigenvalue weighted by Gasteiger charge is 2.14. The van der Waals surface area contributed by atoms with Gasteiger partial charge in [-0.1, -0.05) is 22.0 Å². The van der Waals surface area contributed by atoms with Crippen LogP contribution in [0.3, 0.4) is 0 Å². The molecular weight excluding hydrogens is 403 g/mol. The summed E-state index contributed by atoms with van der Waals surface area (Å²) in [4.78, 5) is 4.60. The van der Waals surface area contributed by atoms with Crippen LogP contribution in [0.5, 0.6) is 0 Å². The van der Waals surface area contributed by atoms with Crippen LogP contribution in [0.15, 0.2) is 45.3 Å². The van der Waals surface area contributed by atoms with E-state index in [1.54, 1.807) is 0 Å². The van der Waals surface area contributed by atoms with E-state index >= 15 is 0 Å². The van der Waals surface area contributed by atoms with Crippen LogP contribution in [-0.2, 0) is 5.88 Å². The molecule has 0 N–H and O–H groups in total. The fourth-order valence-corrected chi connectivity index (χ4v) is 3.45. The van der Waals surface area contributed by atoms with Crippen molar-refractivity contribution in [2.24, 2.45) is 0 Å². The molecule has 2 aromatic carbocycles. The Kier molecular flexibility index (Phi) is 3.89. The van der Waals surface area contributed by atoms with Crippen molar-refractivity contribution in [3.8, 4) is 5.69 Å². The zero-order valence-electron chi connectivity index (χ0n) is 10.7. The summed E-state index contributed by atoms with van der Waals surface area (Å²) in [6.07, 6.45) is 0. The van der Waals surface area contributed by atoms with Crippen LogP contribution in [0, 0.1) is 6.92 Å². The number of rotatable bonds is 2. The molecule has 0 aliphatic heterocycles. The molecule has 2 nitrogen and oxygen atoms in total. The predicted octanol–water partition coefficient (Wildman–Crippen LogP) is 5.60. The number of imidazole rings is 1. The molecule has 0 aliphatic rings. The van der Waals surface area contributed by atoms with Crippen LogP contribution in [0.2, 0.25) is 0 Å². The monoisotopic (exact) mass is 412 g/mol. The van der Waals surface area contributed by atoms with Gasteiger partial charge in [0.2, 0.25) is 0 Å². The number of halogens is 3. The Bertz CT molecular complexity index is 796. The molecule has 1 heterocycles. The van der Waals surface area contributed by atoms with E-state index in [1.807, 2.05) is 12.1 Å². The Balaban J connectivity index is 2.36. The molecule has 5 heteroatoms. The molecule has 20 heavy (non-hydrogen) atoms. The fourth-order valence-electron chi connectivity index (χ4n) is 2.25. The second-order valence-electron chi connectivity index (χ2n) is 4.58. The number of aromatic nitrogens is 2. The Hall–Kier alpha value is -0.840. The number of fused-ring (bicyclic) bond motifs is 1. The Labute approximate surface area is 139 Å². The van der Waals surface area contributed by atoms with E-state index in [0.29, 0.717) is 5.88 Å². The molecule has 102 valence electrons. The van der Waals surface area contributed by atoms with E-state index in [0.717, 1.165) is 31.5 Å². The first-order valence-electron chi connectivity index (χ1n) is 6.09. The summed E-state index contributed by atoms with van der Waals surface area (Å²) in [7, 11) is 0. The summed E-state index contributed by atoms with van der Waals surface area (Å²) in [5, 5.41) is 0. The van der Waals surface area contributed by atoms with Crippen molar-refractivity contribution >= 4 is 54.5 Å². The summed E-state index contributed by atoms with van der Waals surface area (Å²) in [6, 6.07) is 12.3. The second-order valence-corrected chi connectivity index (χ2v) is 6.62. The van der Waals surface area contributed by atoms with Gasteiger partial charge in [0.1, 0.15) is 5.82 Å². The fraction of sp³-hybridized carbons (Fsp3) is 0.133. The average molecular weight is 415 g/mol. The molecule has 3 rings (SSSR count). The van der Waals surface area contributed by atoms with E-state index in [4.69, 9.17) is 11.6 Å². The zero-order valence-corrected chi connectivity index (χ0v) is 14.6. The predicted molar refractivity (Wildman–Crippen MR) is 90.8 cm³/mol. The van der Waals surface area contributed by atoms with Crippen molar-refractivity contribution in [3.63, 3.8) is 0 Å². The number of hydrogen-bond acceptors (Lipinski definition) is 1. The smallest absolute Gasteiger partial charge is 0.129 e. The minimum Gasteiger partial charge on any atom is -0.294 e. The molecule has 1 aromatic heterocycles. The number of alkyl halides is 1. The Morgan fingerprint density at radius 1 is 1.15 bits per heavy atom. The van der Waals surface area contributed by atoms with Crippen LogP contribution in [0.4, 0.5) is 0 Å². The quantitative estimate of drug-likeness (QED) is 0.499. The van der Waals surface area contributed by atoms with Gasteiger partial charge in [0.15, 0.2) is 0 Å². The summed E-state index contributed by atoms with van der Waals surface area (Å²) in [5.74, 6) is 1.21. The SMILES string of the molecule is Cc1ccc(-n2c(CCl)nc3ccc(Br)cc32)c(Br)c1. The minimum absolute atomic E-state index is 0.368. The average Bonchev–Trinajstić information content (AvgIpc) is 2.76. The van der Waals surface area contributed by atoms with Crippen molar-refractivity contribution in [1.82, 2.24) is 9.55 Å². The normalized spacial score (nSPS) is 11.2. The maximum atomic E-state index is 6.07. The van der Waals surface area contributed by atoms with Crippen LogP contribution >= 0.6 is 43.5 Å². The largest absolute Gasteiger partial charge is 0.294 e. The van der Waals surface area contributed by atoms with E-state index in [-0.39, 0.29) is 0 Å². The van der Waals surface area contributed by atoms with Crippen molar-refractivity contribution < 1.29 is 0 Å². The summed E-state index contributed by atoms with van der Waals surface area (Å²) in [5.41, 5.74) is 4.24. The molecule has 3 aromatic rings. The van der Waals surface area contributed by atoms with Gasteiger partial charge in [-0.3, -0.25) is 4.57 Å². The van der Waals surface area contributed by atoms with Gasteiger partial charge in [-0.15, -0.1) is 11.6 Å². The molecule has 0 radical (unpaired) electrons. The maximum absolute atomic E-state index is 6.07. The van der Waals surface area contributed by atoms with Crippen LogP contribution in [0.1, 0.15) is 11.4 Å². The van der Waals surface area contributed by atoms with Crippen LogP contribution in [-0.4, -0.2) is 9.55 Å². The number of benzene rings is 2. The Morgan fingerprint density at radius 2 is 1.95 bits per heavy atom. The molecule has 0 bridgehead atoms. The second kappa shape index (κ2) is 5.51. The highest BCUT2D eigenvalue weighted by molar-refractivity contribution is 9.10. The molecule has 0 aliphatic carbocycles. The summed E-state index contributed by atoms with van der Waals surface area (Å²) >= 11 is 13.2. The van der Waals surface area contributed by atoms with Crippen molar-refractivity contribution in [1.29, 1.82) is 0 Å². The molecular formula is C15H11Br2ClN2. The number of aryl methyl sites for hydroxylation is 1. The minimum atomic E-state index is 0.368. The summed E-state index contributed by atoms with van der Waals surface area (Å²) < 4.78 is 4.15. The summed E-state index contributed by atoms with van der Waals surface area (Å²) in [6.45, 7) is 2.07. The number of nitrogens with zero attached hydrogens (tertiary/aromatic N) is 2. The van der Waals surface area contributed by atoms with Gasteiger partial charge in [0, 0.05) is 8.95 Å². The topological polar surface area (TPSA) is 17.8 Å². The third-order valence-electron chi connectivity index (χ3n) is 3.15. The standard InChI is InChI=1S/C15H11Br2ClN2/c1-9-2-5-13(11(17)6-9)20-14-7-10(16)3-4-12(14)19-15(20)8-18/h2-7H,8H2,1H3. The molecule has 0 saturated heterocycles. The maximum Gasteiger partial charge on any atom is 0.129 e. The third-order valence-corrected chi connectivity index (χ3v) is 4.52. The Morgan fingerprint density at radius 3 is 2.65 bits per heavy atom. The van der Waals surface area contributed by atoms with Crippen molar-refractivity contribution in [2.45, 2.75) is 12.8 Å². The lowest BCUT2D eigenvalue weighted by Crippen LogP contribution is -2.00. The first kappa shape index (κ1) is 14.1. The first-order chi connectivity index (χ1) is 9.60. The van der Waals surface area contributed by atoms with Gasteiger partial charge in [-0.05, 0) is 58.7 Å². The molecule has 0 unspecified atom stereocenters. The molecule has 0 atom stereocenters. The van der Waals surface area contributed by atoms with Crippen LogP contribution in [0.25, 0.3) is 16.7 Å². The zero-order chi connectivity index (χ0) is 14.3. The van der Waals surface area contributed by atoms with Gasteiger partial charge in [0.25, 0.3) is 0 Å². The molecule has 0 spiro atoms. The van der Waals surface area contributed by atoms with Crippen LogP contribution < -0.4 is 0 Å². The highest BCUT2D eigenvalue weighted by atomic mass is 79.9. The van der Waals surface area contributed by atoms with Gasteiger partial charge in [-0.2, -0.15) is 0 Å². The van der Waals surface area contributed by atoms with Gasteiger partial charge in [0.05, 0.1) is 22.6 Å². The first-order valence-corrected chi connectivity index (χ1v) is 8.21. The van der Waals surface area contributed by atoms with Crippen molar-refractivity contribution in [2.75, 3.05) is 0 Å². The highest BCUT2D eigenvalue weighted by Crippen LogP contribution is 2.30. The van der Waals surface area contributed by atoms with Gasteiger partial charge < -0.3 is 0 Å². The van der Waals surface area contributed by atoms with Gasteiger partial charge in [-0.25, -0.2) is 4.98 Å². The van der Waals surface area contributed by atoms with E-state index < -0.39 is 0 Å².